The third kappa shape index (κ3) is 5.67. The molecular weight excluding hydrogens is 450 g/mol. The largest absolute Gasteiger partial charge is 0.488 e. The van der Waals surface area contributed by atoms with Crippen LogP contribution >= 0.6 is 15.9 Å². The van der Waals surface area contributed by atoms with Gasteiger partial charge in [0.25, 0.3) is 11.6 Å². The van der Waals surface area contributed by atoms with Crippen molar-refractivity contribution in [3.05, 3.63) is 73.8 Å². The first-order chi connectivity index (χ1) is 14.5. The maximum atomic E-state index is 12.3. The molecule has 8 heteroatoms. The number of nitro groups is 1. The van der Waals surface area contributed by atoms with E-state index >= 15 is 0 Å². The van der Waals surface area contributed by atoms with Crippen LogP contribution in [-0.2, 0) is 11.4 Å². The molecule has 0 spiro atoms. The van der Waals surface area contributed by atoms with Crippen LogP contribution in [-0.4, -0.2) is 16.9 Å². The topological polar surface area (TPSA) is 105 Å². The first-order valence-electron chi connectivity index (χ1n) is 9.54. The van der Waals surface area contributed by atoms with E-state index in [4.69, 9.17) is 4.74 Å². The average molecular weight is 470 g/mol. The van der Waals surface area contributed by atoms with Crippen molar-refractivity contribution in [2.45, 2.75) is 38.3 Å². The van der Waals surface area contributed by atoms with Crippen LogP contribution in [0.4, 0.5) is 5.69 Å². The van der Waals surface area contributed by atoms with E-state index in [0.29, 0.717) is 15.8 Å². The van der Waals surface area contributed by atoms with E-state index in [1.54, 1.807) is 36.4 Å². The number of nitro benzene ring substituents is 1. The number of nitrogens with one attached hydrogen (secondary N) is 1. The molecule has 0 unspecified atom stereocenters. The fraction of sp³-hybridized carbons (Fsp3) is 0.273. The maximum absolute atomic E-state index is 12.3. The fourth-order valence-electron chi connectivity index (χ4n) is 3.25. The van der Waals surface area contributed by atoms with E-state index in [2.05, 4.69) is 21.2 Å². The monoisotopic (exact) mass is 469 g/mol. The number of nitrogens with zero attached hydrogens (tertiary/aromatic N) is 2. The van der Waals surface area contributed by atoms with Gasteiger partial charge in [-0.2, -0.15) is 5.26 Å². The van der Waals surface area contributed by atoms with Gasteiger partial charge in [0.05, 0.1) is 9.40 Å². The average Bonchev–Trinajstić information content (AvgIpc) is 3.24. The van der Waals surface area contributed by atoms with Gasteiger partial charge in [0.2, 0.25) is 0 Å². The number of halogens is 1. The molecule has 0 heterocycles. The second-order valence-electron chi connectivity index (χ2n) is 7.03. The van der Waals surface area contributed by atoms with Crippen molar-refractivity contribution < 1.29 is 14.5 Å². The molecule has 1 aliphatic rings. The number of hydrogen-bond acceptors (Lipinski definition) is 5. The van der Waals surface area contributed by atoms with Gasteiger partial charge in [-0.15, -0.1) is 0 Å². The van der Waals surface area contributed by atoms with Gasteiger partial charge in [0, 0.05) is 18.2 Å². The Labute approximate surface area is 182 Å². The molecule has 1 saturated carbocycles. The van der Waals surface area contributed by atoms with Crippen LogP contribution in [0.1, 0.15) is 36.8 Å². The molecule has 30 heavy (non-hydrogen) atoms. The van der Waals surface area contributed by atoms with E-state index in [9.17, 15) is 20.2 Å². The number of non-ortho nitro benzene ring substituents is 1. The van der Waals surface area contributed by atoms with E-state index in [1.807, 2.05) is 6.07 Å². The Morgan fingerprint density at radius 3 is 2.57 bits per heavy atom. The molecule has 0 bridgehead atoms. The first-order valence-corrected chi connectivity index (χ1v) is 10.3. The van der Waals surface area contributed by atoms with Crippen molar-refractivity contribution in [2.24, 2.45) is 0 Å². The highest BCUT2D eigenvalue weighted by Crippen LogP contribution is 2.28. The number of carbonyl (C=O) groups excluding carboxylic acids is 1. The number of hydrogen-bond donors (Lipinski definition) is 1. The quantitative estimate of drug-likeness (QED) is 0.268. The Morgan fingerprint density at radius 2 is 1.97 bits per heavy atom. The molecule has 0 radical (unpaired) electrons. The summed E-state index contributed by atoms with van der Waals surface area (Å²) in [4.78, 5) is 22.6. The van der Waals surface area contributed by atoms with Gasteiger partial charge in [0.1, 0.15) is 24.0 Å². The zero-order valence-corrected chi connectivity index (χ0v) is 17.7. The van der Waals surface area contributed by atoms with Crippen LogP contribution in [0.15, 0.2) is 52.5 Å². The second kappa shape index (κ2) is 10.0. The summed E-state index contributed by atoms with van der Waals surface area (Å²) >= 11 is 3.44. The third-order valence-electron chi connectivity index (χ3n) is 4.86. The summed E-state index contributed by atoms with van der Waals surface area (Å²) < 4.78 is 6.44. The zero-order valence-electron chi connectivity index (χ0n) is 16.1. The summed E-state index contributed by atoms with van der Waals surface area (Å²) in [6, 6.07) is 13.5. The Morgan fingerprint density at radius 1 is 1.27 bits per heavy atom. The molecule has 3 rings (SSSR count). The molecule has 2 aromatic carbocycles. The molecule has 0 aromatic heterocycles. The lowest BCUT2D eigenvalue weighted by Gasteiger charge is -2.11. The minimum absolute atomic E-state index is 0.0290. The number of carbonyl (C=O) groups is 1. The summed E-state index contributed by atoms with van der Waals surface area (Å²) in [5, 5.41) is 23.0. The van der Waals surface area contributed by atoms with E-state index < -0.39 is 4.92 Å². The highest BCUT2D eigenvalue weighted by molar-refractivity contribution is 9.10. The number of rotatable bonds is 7. The fourth-order valence-corrected chi connectivity index (χ4v) is 3.76. The van der Waals surface area contributed by atoms with Gasteiger partial charge >= 0.3 is 0 Å². The van der Waals surface area contributed by atoms with Crippen LogP contribution in [0.25, 0.3) is 6.08 Å². The summed E-state index contributed by atoms with van der Waals surface area (Å²) in [5.41, 5.74) is 1.59. The molecule has 154 valence electrons. The van der Waals surface area contributed by atoms with Crippen molar-refractivity contribution in [1.29, 1.82) is 5.26 Å². The molecule has 0 atom stereocenters. The lowest BCUT2D eigenvalue weighted by molar-refractivity contribution is -0.384. The Bertz CT molecular complexity index is 1010. The summed E-state index contributed by atoms with van der Waals surface area (Å²) in [5.74, 6) is 0.235. The number of ether oxygens (including phenoxy) is 1. The van der Waals surface area contributed by atoms with Gasteiger partial charge in [-0.3, -0.25) is 14.9 Å². The number of benzene rings is 2. The SMILES string of the molecule is N#C/C(=C/c1ccc(OCc2ccc([N+](=O)[O-])cc2)c(Br)c1)C(=O)NC1CCCC1. The van der Waals surface area contributed by atoms with Gasteiger partial charge in [0.15, 0.2) is 0 Å². The van der Waals surface area contributed by atoms with Crippen molar-refractivity contribution >= 4 is 33.6 Å². The van der Waals surface area contributed by atoms with Crippen molar-refractivity contribution in [3.8, 4) is 11.8 Å². The molecule has 1 aliphatic carbocycles. The molecule has 1 amide bonds. The van der Waals surface area contributed by atoms with Crippen LogP contribution in [0.2, 0.25) is 0 Å². The highest BCUT2D eigenvalue weighted by Gasteiger charge is 2.19. The molecule has 0 aliphatic heterocycles. The predicted molar refractivity (Wildman–Crippen MR) is 116 cm³/mol. The Kier molecular flexibility index (Phi) is 7.20. The van der Waals surface area contributed by atoms with E-state index in [0.717, 1.165) is 31.2 Å². The van der Waals surface area contributed by atoms with E-state index in [1.165, 1.54) is 12.1 Å². The normalized spacial score (nSPS) is 14.2. The number of nitriles is 1. The molecule has 1 N–H and O–H groups in total. The second-order valence-corrected chi connectivity index (χ2v) is 7.88. The first kappa shape index (κ1) is 21.5. The van der Waals surface area contributed by atoms with Crippen LogP contribution in [0.5, 0.6) is 5.75 Å². The van der Waals surface area contributed by atoms with Crippen LogP contribution < -0.4 is 10.1 Å². The van der Waals surface area contributed by atoms with Gasteiger partial charge in [-0.05, 0) is 70.2 Å². The van der Waals surface area contributed by atoms with Crippen LogP contribution in [0, 0.1) is 21.4 Å². The highest BCUT2D eigenvalue weighted by atomic mass is 79.9. The van der Waals surface area contributed by atoms with Crippen molar-refractivity contribution in [1.82, 2.24) is 5.32 Å². The predicted octanol–water partition coefficient (Wildman–Crippen LogP) is 4.90. The standard InChI is InChI=1S/C22H20BrN3O4/c23-20-12-16(11-17(13-24)22(27)25-18-3-1-2-4-18)7-10-21(20)30-14-15-5-8-19(9-6-15)26(28)29/h5-12,18H,1-4,14H2,(H,25,27)/b17-11-. The van der Waals surface area contributed by atoms with Gasteiger partial charge < -0.3 is 10.1 Å². The minimum atomic E-state index is -0.447. The minimum Gasteiger partial charge on any atom is -0.488 e. The lowest BCUT2D eigenvalue weighted by atomic mass is 10.1. The van der Waals surface area contributed by atoms with Crippen LogP contribution in [0.3, 0.4) is 0 Å². The van der Waals surface area contributed by atoms with Gasteiger partial charge in [-0.25, -0.2) is 0 Å². The maximum Gasteiger partial charge on any atom is 0.269 e. The summed E-state index contributed by atoms with van der Waals surface area (Å²) in [7, 11) is 0. The Hall–Kier alpha value is -3.18. The summed E-state index contributed by atoms with van der Waals surface area (Å²) in [6.45, 7) is 0.249. The Balaban J connectivity index is 1.64. The van der Waals surface area contributed by atoms with Crippen molar-refractivity contribution in [2.75, 3.05) is 0 Å². The number of amides is 1. The molecule has 7 nitrogen and oxygen atoms in total. The zero-order chi connectivity index (χ0) is 21.5. The third-order valence-corrected chi connectivity index (χ3v) is 5.48. The van der Waals surface area contributed by atoms with E-state index in [-0.39, 0.29) is 29.8 Å². The molecule has 1 fully saturated rings. The molecule has 0 saturated heterocycles. The van der Waals surface area contributed by atoms with Crippen molar-refractivity contribution in [3.63, 3.8) is 0 Å². The van der Waals surface area contributed by atoms with Gasteiger partial charge in [-0.1, -0.05) is 18.9 Å². The molecular formula is C22H20BrN3O4. The smallest absolute Gasteiger partial charge is 0.269 e. The lowest BCUT2D eigenvalue weighted by Crippen LogP contribution is -2.33. The summed E-state index contributed by atoms with van der Waals surface area (Å²) in [6.07, 6.45) is 5.67. The molecule has 2 aromatic rings.